The van der Waals surface area contributed by atoms with Crippen LogP contribution >= 0.6 is 0 Å². The van der Waals surface area contributed by atoms with Crippen LogP contribution in [0.4, 0.5) is 0 Å². The second kappa shape index (κ2) is 5.53. The number of fused-ring (bicyclic) bond motifs is 2. The lowest BCUT2D eigenvalue weighted by molar-refractivity contribution is 0.892. The standard InChI is InChI=1S/C23H24/c1-15-10-21-12-16(2)17(3)22(23(21)11-15)9-8-18-13-19-6-4-5-7-20(19)14-18/h4-7,10,12-13H,8-9,11,14H2,1-3H3. The van der Waals surface area contributed by atoms with Gasteiger partial charge in [-0.1, -0.05) is 53.6 Å². The molecule has 0 nitrogen and oxygen atoms in total. The van der Waals surface area contributed by atoms with Crippen molar-refractivity contribution < 1.29 is 0 Å². The SMILES string of the molecule is CC1=Cc2cc(C)c(C)c(CCC3=Cc4ccccc4C3)c2C1. The zero-order valence-corrected chi connectivity index (χ0v) is 14.4. The van der Waals surface area contributed by atoms with Crippen molar-refractivity contribution in [1.29, 1.82) is 0 Å². The predicted octanol–water partition coefficient (Wildman–Crippen LogP) is 5.84. The fourth-order valence-corrected chi connectivity index (χ4v) is 4.14. The zero-order chi connectivity index (χ0) is 16.0. The van der Waals surface area contributed by atoms with Crippen LogP contribution in [0.5, 0.6) is 0 Å². The number of aryl methyl sites for hydroxylation is 1. The Bertz CT molecular complexity index is 847. The summed E-state index contributed by atoms with van der Waals surface area (Å²) in [7, 11) is 0. The highest BCUT2D eigenvalue weighted by Gasteiger charge is 2.19. The molecule has 0 radical (unpaired) electrons. The third-order valence-corrected chi connectivity index (χ3v) is 5.51. The van der Waals surface area contributed by atoms with Gasteiger partial charge in [0, 0.05) is 0 Å². The molecule has 116 valence electrons. The van der Waals surface area contributed by atoms with Crippen LogP contribution in [0, 0.1) is 13.8 Å². The van der Waals surface area contributed by atoms with Gasteiger partial charge in [0.25, 0.3) is 0 Å². The van der Waals surface area contributed by atoms with Gasteiger partial charge in [-0.25, -0.2) is 0 Å². The molecule has 2 aliphatic rings. The molecule has 4 rings (SSSR count). The minimum Gasteiger partial charge on any atom is -0.0683 e. The average Bonchev–Trinajstić information content (AvgIpc) is 3.10. The Hall–Kier alpha value is -2.08. The van der Waals surface area contributed by atoms with Crippen molar-refractivity contribution in [1.82, 2.24) is 0 Å². The van der Waals surface area contributed by atoms with Crippen molar-refractivity contribution in [3.05, 3.63) is 80.4 Å². The molecule has 2 aromatic rings. The van der Waals surface area contributed by atoms with Gasteiger partial charge in [-0.3, -0.25) is 0 Å². The van der Waals surface area contributed by atoms with Gasteiger partial charge in [0.15, 0.2) is 0 Å². The lowest BCUT2D eigenvalue weighted by atomic mass is 9.89. The van der Waals surface area contributed by atoms with Gasteiger partial charge in [0.1, 0.15) is 0 Å². The van der Waals surface area contributed by atoms with E-state index < -0.39 is 0 Å². The predicted molar refractivity (Wildman–Crippen MR) is 99.7 cm³/mol. The Labute approximate surface area is 139 Å². The summed E-state index contributed by atoms with van der Waals surface area (Å²) in [6, 6.07) is 11.2. The Balaban J connectivity index is 1.58. The Morgan fingerprint density at radius 2 is 1.70 bits per heavy atom. The first-order valence-corrected chi connectivity index (χ1v) is 8.68. The summed E-state index contributed by atoms with van der Waals surface area (Å²) in [6.07, 6.45) is 9.42. The number of rotatable bonds is 3. The Kier molecular flexibility index (Phi) is 3.49. The molecule has 2 aromatic carbocycles. The Morgan fingerprint density at radius 3 is 2.52 bits per heavy atom. The normalized spacial score (nSPS) is 15.3. The van der Waals surface area contributed by atoms with E-state index in [1.165, 1.54) is 46.2 Å². The summed E-state index contributed by atoms with van der Waals surface area (Å²) >= 11 is 0. The highest BCUT2D eigenvalue weighted by atomic mass is 14.2. The van der Waals surface area contributed by atoms with Crippen molar-refractivity contribution in [3.8, 4) is 0 Å². The summed E-state index contributed by atoms with van der Waals surface area (Å²) < 4.78 is 0. The van der Waals surface area contributed by atoms with Crippen LogP contribution in [0.15, 0.2) is 41.5 Å². The van der Waals surface area contributed by atoms with E-state index >= 15 is 0 Å². The average molecular weight is 300 g/mol. The lowest BCUT2D eigenvalue weighted by Crippen LogP contribution is -2.01. The number of benzene rings is 2. The third-order valence-electron chi connectivity index (χ3n) is 5.51. The maximum atomic E-state index is 2.41. The smallest absolute Gasteiger partial charge is 0.00577 e. The molecular weight excluding hydrogens is 276 g/mol. The van der Waals surface area contributed by atoms with E-state index in [-0.39, 0.29) is 0 Å². The van der Waals surface area contributed by atoms with E-state index in [1.807, 2.05) is 0 Å². The highest BCUT2D eigenvalue weighted by Crippen LogP contribution is 2.34. The molecular formula is C23H24. The van der Waals surface area contributed by atoms with Gasteiger partial charge >= 0.3 is 0 Å². The largest absolute Gasteiger partial charge is 0.0683 e. The van der Waals surface area contributed by atoms with Crippen molar-refractivity contribution in [3.63, 3.8) is 0 Å². The molecule has 0 unspecified atom stereocenters. The zero-order valence-electron chi connectivity index (χ0n) is 14.4. The topological polar surface area (TPSA) is 0 Å². The van der Waals surface area contributed by atoms with Crippen LogP contribution in [0.2, 0.25) is 0 Å². The molecule has 0 spiro atoms. The van der Waals surface area contributed by atoms with E-state index in [9.17, 15) is 0 Å². The van der Waals surface area contributed by atoms with Gasteiger partial charge < -0.3 is 0 Å². The van der Waals surface area contributed by atoms with Crippen LogP contribution < -0.4 is 0 Å². The molecule has 23 heavy (non-hydrogen) atoms. The van der Waals surface area contributed by atoms with Crippen molar-refractivity contribution in [2.45, 2.75) is 46.5 Å². The van der Waals surface area contributed by atoms with Crippen LogP contribution in [0.3, 0.4) is 0 Å². The van der Waals surface area contributed by atoms with Crippen LogP contribution in [0.25, 0.3) is 12.2 Å². The molecule has 0 bridgehead atoms. The maximum absolute atomic E-state index is 2.41. The summed E-state index contributed by atoms with van der Waals surface area (Å²) in [5.74, 6) is 0. The molecule has 0 heterocycles. The minimum absolute atomic E-state index is 1.14. The van der Waals surface area contributed by atoms with E-state index in [1.54, 1.807) is 16.7 Å². The molecule has 0 saturated heterocycles. The van der Waals surface area contributed by atoms with E-state index in [0.717, 1.165) is 12.8 Å². The molecule has 0 N–H and O–H groups in total. The molecule has 0 aromatic heterocycles. The molecule has 0 atom stereocenters. The van der Waals surface area contributed by atoms with E-state index in [2.05, 4.69) is 63.3 Å². The quantitative estimate of drug-likeness (QED) is 0.668. The van der Waals surface area contributed by atoms with Crippen LogP contribution in [-0.4, -0.2) is 0 Å². The summed E-state index contributed by atoms with van der Waals surface area (Å²) in [6.45, 7) is 6.81. The van der Waals surface area contributed by atoms with Crippen molar-refractivity contribution in [2.24, 2.45) is 0 Å². The second-order valence-corrected chi connectivity index (χ2v) is 7.21. The number of hydrogen-bond donors (Lipinski definition) is 0. The first-order valence-electron chi connectivity index (χ1n) is 8.68. The van der Waals surface area contributed by atoms with Crippen LogP contribution in [0.1, 0.15) is 52.3 Å². The van der Waals surface area contributed by atoms with Gasteiger partial charge in [-0.15, -0.1) is 0 Å². The molecule has 2 aliphatic carbocycles. The Morgan fingerprint density at radius 1 is 0.870 bits per heavy atom. The van der Waals surface area contributed by atoms with Gasteiger partial charge in [0.2, 0.25) is 0 Å². The fraction of sp³-hybridized carbons (Fsp3) is 0.304. The maximum Gasteiger partial charge on any atom is -0.00577 e. The van der Waals surface area contributed by atoms with E-state index in [0.29, 0.717) is 0 Å². The third kappa shape index (κ3) is 2.57. The highest BCUT2D eigenvalue weighted by molar-refractivity contribution is 5.68. The van der Waals surface area contributed by atoms with Crippen molar-refractivity contribution >= 4 is 12.2 Å². The van der Waals surface area contributed by atoms with E-state index in [4.69, 9.17) is 0 Å². The monoisotopic (exact) mass is 300 g/mol. The number of hydrogen-bond acceptors (Lipinski definition) is 0. The van der Waals surface area contributed by atoms with Crippen molar-refractivity contribution in [2.75, 3.05) is 0 Å². The minimum atomic E-state index is 1.14. The molecule has 0 heteroatoms. The number of allylic oxidation sites excluding steroid dienone is 2. The van der Waals surface area contributed by atoms with Gasteiger partial charge in [0.05, 0.1) is 0 Å². The molecule has 0 saturated carbocycles. The fourth-order valence-electron chi connectivity index (χ4n) is 4.14. The molecule has 0 amide bonds. The summed E-state index contributed by atoms with van der Waals surface area (Å²) in [5, 5.41) is 0. The van der Waals surface area contributed by atoms with Crippen LogP contribution in [-0.2, 0) is 19.3 Å². The molecule has 0 aliphatic heterocycles. The van der Waals surface area contributed by atoms with Gasteiger partial charge in [-0.05, 0) is 85.4 Å². The lowest BCUT2D eigenvalue weighted by Gasteiger charge is -2.15. The molecule has 0 fully saturated rings. The summed E-state index contributed by atoms with van der Waals surface area (Å²) in [5.41, 5.74) is 13.6. The summed E-state index contributed by atoms with van der Waals surface area (Å²) in [4.78, 5) is 0. The first-order chi connectivity index (χ1) is 11.1. The second-order valence-electron chi connectivity index (χ2n) is 7.21. The van der Waals surface area contributed by atoms with Gasteiger partial charge in [-0.2, -0.15) is 0 Å². The first kappa shape index (κ1) is 14.5.